The van der Waals surface area contributed by atoms with Crippen molar-refractivity contribution < 1.29 is 4.42 Å². The SMILES string of the molecule is c1ccc2c(c1)B1c3cc4c(cc3-n3c5ccccc5c5cc6c7ccccc7n-2c6c1c53)oc1cc2c(cc14)B1c3ccccc3-n3c4ccccc4c4cc5c6ccccc6n-2c5c1c43. The largest absolute Gasteiger partial charge is 0.456 e. The van der Waals surface area contributed by atoms with Crippen LogP contribution in [0.4, 0.5) is 0 Å². The monoisotopic (exact) mass is 844 g/mol. The molecule has 0 bridgehead atoms. The molecule has 0 saturated heterocycles. The van der Waals surface area contributed by atoms with Crippen molar-refractivity contribution in [2.45, 2.75) is 0 Å². The Labute approximate surface area is 381 Å². The van der Waals surface area contributed by atoms with E-state index in [1.807, 2.05) is 0 Å². The molecule has 0 amide bonds. The fourth-order valence-electron chi connectivity index (χ4n) is 14.3. The molecule has 9 heterocycles. The average Bonchev–Trinajstić information content (AvgIpc) is 4.18. The number of hydrogen-bond donors (Lipinski definition) is 0. The van der Waals surface area contributed by atoms with Gasteiger partial charge in [-0.3, -0.25) is 0 Å². The summed E-state index contributed by atoms with van der Waals surface area (Å²) in [4.78, 5) is 0. The third-order valence-electron chi connectivity index (χ3n) is 16.7. The van der Waals surface area contributed by atoms with E-state index in [1.54, 1.807) is 0 Å². The number of aromatic nitrogens is 4. The molecule has 0 N–H and O–H groups in total. The Morgan fingerprint density at radius 2 is 0.597 bits per heavy atom. The van der Waals surface area contributed by atoms with E-state index < -0.39 is 0 Å². The Morgan fingerprint density at radius 3 is 0.985 bits per heavy atom. The van der Waals surface area contributed by atoms with E-state index in [4.69, 9.17) is 4.42 Å². The van der Waals surface area contributed by atoms with E-state index in [2.05, 4.69) is 200 Å². The highest BCUT2D eigenvalue weighted by molar-refractivity contribution is 7.01. The van der Waals surface area contributed by atoms with Gasteiger partial charge in [-0.25, -0.2) is 0 Å². The molecular formula is C60H30B2N4O. The van der Waals surface area contributed by atoms with Crippen molar-refractivity contribution in [1.29, 1.82) is 0 Å². The second-order valence-corrected chi connectivity index (χ2v) is 19.5. The van der Waals surface area contributed by atoms with E-state index in [0.717, 1.165) is 21.9 Å². The summed E-state index contributed by atoms with van der Waals surface area (Å²) in [6, 6.07) is 68.9. The molecule has 5 aromatic heterocycles. The van der Waals surface area contributed by atoms with E-state index in [-0.39, 0.29) is 13.4 Å². The second-order valence-electron chi connectivity index (χ2n) is 19.5. The van der Waals surface area contributed by atoms with Crippen LogP contribution in [0.5, 0.6) is 0 Å². The van der Waals surface area contributed by atoms with Crippen molar-refractivity contribution in [3.63, 3.8) is 0 Å². The molecule has 4 aliphatic heterocycles. The van der Waals surface area contributed by atoms with Crippen LogP contribution in [0, 0.1) is 0 Å². The van der Waals surface area contributed by atoms with Crippen LogP contribution in [0.15, 0.2) is 186 Å². The minimum absolute atomic E-state index is 0.0322. The maximum atomic E-state index is 7.22. The number of nitrogens with zero attached hydrogens (tertiary/aromatic N) is 4. The van der Waals surface area contributed by atoms with Gasteiger partial charge in [0.05, 0.1) is 44.1 Å². The molecule has 19 rings (SSSR count). The van der Waals surface area contributed by atoms with E-state index in [0.29, 0.717) is 0 Å². The first kappa shape index (κ1) is 32.9. The molecule has 0 saturated carbocycles. The van der Waals surface area contributed by atoms with Gasteiger partial charge in [-0.2, -0.15) is 0 Å². The Bertz CT molecular complexity index is 4650. The minimum Gasteiger partial charge on any atom is -0.456 e. The number of hydrogen-bond acceptors (Lipinski definition) is 1. The Morgan fingerprint density at radius 1 is 0.269 bits per heavy atom. The summed E-state index contributed by atoms with van der Waals surface area (Å²) in [6.07, 6.45) is 0. The fraction of sp³-hybridized carbons (Fsp3) is 0. The van der Waals surface area contributed by atoms with E-state index in [1.165, 1.54) is 143 Å². The van der Waals surface area contributed by atoms with Crippen molar-refractivity contribution >= 4 is 155 Å². The molecule has 0 spiro atoms. The van der Waals surface area contributed by atoms with Gasteiger partial charge in [-0.1, -0.05) is 121 Å². The van der Waals surface area contributed by atoms with Crippen LogP contribution in [0.25, 0.3) is 132 Å². The molecule has 4 aliphatic rings. The highest BCUT2D eigenvalue weighted by atomic mass is 16.3. The number of rotatable bonds is 0. The molecule has 0 aliphatic carbocycles. The van der Waals surface area contributed by atoms with Gasteiger partial charge in [-0.05, 0) is 81.3 Å². The Balaban J connectivity index is 0.969. The molecule has 10 aromatic carbocycles. The van der Waals surface area contributed by atoms with Crippen LogP contribution < -0.4 is 32.8 Å². The molecule has 0 fully saturated rings. The lowest BCUT2D eigenvalue weighted by Crippen LogP contribution is -2.59. The average molecular weight is 845 g/mol. The quantitative estimate of drug-likeness (QED) is 0.140. The van der Waals surface area contributed by atoms with Crippen molar-refractivity contribution in [2.75, 3.05) is 0 Å². The zero-order valence-electron chi connectivity index (χ0n) is 35.7. The van der Waals surface area contributed by atoms with Gasteiger partial charge in [0.25, 0.3) is 13.4 Å². The predicted molar refractivity (Wildman–Crippen MR) is 280 cm³/mol. The fourth-order valence-corrected chi connectivity index (χ4v) is 14.3. The lowest BCUT2D eigenvalue weighted by Gasteiger charge is -2.33. The predicted octanol–water partition coefficient (Wildman–Crippen LogP) is 10.3. The van der Waals surface area contributed by atoms with E-state index >= 15 is 0 Å². The van der Waals surface area contributed by atoms with Gasteiger partial charge < -0.3 is 22.7 Å². The van der Waals surface area contributed by atoms with Gasteiger partial charge in [0.2, 0.25) is 0 Å². The second kappa shape index (κ2) is 10.7. The first-order valence-electron chi connectivity index (χ1n) is 23.5. The maximum absolute atomic E-state index is 7.22. The van der Waals surface area contributed by atoms with Crippen molar-refractivity contribution in [3.8, 4) is 22.7 Å². The van der Waals surface area contributed by atoms with Crippen LogP contribution >= 0.6 is 0 Å². The molecule has 0 atom stereocenters. The minimum atomic E-state index is 0.0322. The summed E-state index contributed by atoms with van der Waals surface area (Å²) in [5, 5.41) is 12.7. The smallest absolute Gasteiger partial charge is 0.252 e. The maximum Gasteiger partial charge on any atom is 0.252 e. The Kier molecular flexibility index (Phi) is 5.26. The summed E-state index contributed by atoms with van der Waals surface area (Å²) >= 11 is 0. The highest BCUT2D eigenvalue weighted by Crippen LogP contribution is 2.45. The van der Waals surface area contributed by atoms with Crippen LogP contribution in [-0.4, -0.2) is 31.7 Å². The zero-order valence-corrected chi connectivity index (χ0v) is 35.7. The number of benzene rings is 10. The molecule has 302 valence electrons. The highest BCUT2D eigenvalue weighted by Gasteiger charge is 2.44. The molecule has 7 heteroatoms. The van der Waals surface area contributed by atoms with Crippen LogP contribution in [0.1, 0.15) is 0 Å². The number of para-hydroxylation sites is 6. The van der Waals surface area contributed by atoms with Crippen LogP contribution in [0.3, 0.4) is 0 Å². The van der Waals surface area contributed by atoms with Crippen molar-refractivity contribution in [1.82, 2.24) is 18.3 Å². The van der Waals surface area contributed by atoms with Gasteiger partial charge in [0, 0.05) is 88.7 Å². The summed E-state index contributed by atoms with van der Waals surface area (Å²) in [7, 11) is 0. The summed E-state index contributed by atoms with van der Waals surface area (Å²) in [5.74, 6) is 0. The van der Waals surface area contributed by atoms with E-state index in [9.17, 15) is 0 Å². The Hall–Kier alpha value is -8.67. The van der Waals surface area contributed by atoms with Crippen molar-refractivity contribution in [3.05, 3.63) is 182 Å². The summed E-state index contributed by atoms with van der Waals surface area (Å²) < 4.78 is 17.4. The van der Waals surface area contributed by atoms with Gasteiger partial charge in [-0.15, -0.1) is 0 Å². The zero-order chi connectivity index (χ0) is 42.7. The molecule has 0 unspecified atom stereocenters. The molecule has 67 heavy (non-hydrogen) atoms. The number of furan rings is 1. The summed E-state index contributed by atoms with van der Waals surface area (Å²) in [5.41, 5.74) is 25.1. The van der Waals surface area contributed by atoms with Gasteiger partial charge >= 0.3 is 0 Å². The third-order valence-corrected chi connectivity index (χ3v) is 16.7. The lowest BCUT2D eigenvalue weighted by molar-refractivity contribution is 0.668. The molecule has 0 radical (unpaired) electrons. The lowest BCUT2D eigenvalue weighted by atomic mass is 9.34. The van der Waals surface area contributed by atoms with Crippen LogP contribution in [0.2, 0.25) is 0 Å². The topological polar surface area (TPSA) is 32.9 Å². The standard InChI is InChI=1S/C60H30B2N4O/c1-7-19-45-31(13-1)37-25-39-33-15-3-9-21-47(33)65-51-29-53-35(27-43(51)61-41-17-5-11-23-49(41)63(45)57(37)55(61)59(39)65)36-28-44-52(30-54(36)67-53)66-48-22-10-4-16-34(48)40-26-38-32-14-2-8-20-46(32)64-50-24-12-6-18-42(50)62(44)56(58(38)64)60(40)66/h1-30H. The molecule has 15 aromatic rings. The van der Waals surface area contributed by atoms with Crippen LogP contribution in [-0.2, 0) is 0 Å². The molecule has 5 nitrogen and oxygen atoms in total. The first-order chi connectivity index (χ1) is 33.3. The third kappa shape index (κ3) is 3.46. The van der Waals surface area contributed by atoms with Gasteiger partial charge in [0.15, 0.2) is 0 Å². The molecular weight excluding hydrogens is 814 g/mol. The number of fused-ring (bicyclic) bond motifs is 27. The normalized spacial score (nSPS) is 13.9. The first-order valence-corrected chi connectivity index (χ1v) is 23.5. The van der Waals surface area contributed by atoms with Crippen molar-refractivity contribution in [2.24, 2.45) is 0 Å². The summed E-state index contributed by atoms with van der Waals surface area (Å²) in [6.45, 7) is 0.0645. The van der Waals surface area contributed by atoms with Gasteiger partial charge in [0.1, 0.15) is 11.2 Å².